The molecule has 1 aliphatic carbocycles. The Morgan fingerprint density at radius 3 is 2.50 bits per heavy atom. The molecular weight excluding hydrogens is 196 g/mol. The Labute approximate surface area is 102 Å². The summed E-state index contributed by atoms with van der Waals surface area (Å²) in [4.78, 5) is 2.60. The lowest BCUT2D eigenvalue weighted by molar-refractivity contribution is 0.187. The lowest BCUT2D eigenvalue weighted by atomic mass is 9.94. The smallest absolute Gasteiger partial charge is 0.00922 e. The zero-order valence-corrected chi connectivity index (χ0v) is 11.5. The monoisotopic (exact) mass is 226 g/mol. The van der Waals surface area contributed by atoms with E-state index in [4.69, 9.17) is 0 Å². The minimum atomic E-state index is 0.722. The minimum Gasteiger partial charge on any atom is -0.317 e. The molecule has 0 aliphatic heterocycles. The molecule has 0 aromatic carbocycles. The first kappa shape index (κ1) is 14.0. The average Bonchev–Trinajstić information content (AvgIpc) is 2.35. The summed E-state index contributed by atoms with van der Waals surface area (Å²) in [5.41, 5.74) is 0. The fourth-order valence-electron chi connectivity index (χ4n) is 2.84. The Hall–Kier alpha value is -0.0800. The van der Waals surface area contributed by atoms with Gasteiger partial charge < -0.3 is 10.2 Å². The van der Waals surface area contributed by atoms with Crippen molar-refractivity contribution >= 4 is 0 Å². The van der Waals surface area contributed by atoms with Gasteiger partial charge >= 0.3 is 0 Å². The fourth-order valence-corrected chi connectivity index (χ4v) is 2.84. The largest absolute Gasteiger partial charge is 0.317 e. The highest BCUT2D eigenvalue weighted by Gasteiger charge is 2.17. The van der Waals surface area contributed by atoms with Crippen molar-refractivity contribution < 1.29 is 0 Å². The van der Waals surface area contributed by atoms with Crippen molar-refractivity contribution in [1.29, 1.82) is 0 Å². The van der Waals surface area contributed by atoms with Crippen LogP contribution in [0.15, 0.2) is 0 Å². The van der Waals surface area contributed by atoms with E-state index in [1.165, 1.54) is 57.9 Å². The number of nitrogens with one attached hydrogen (secondary N) is 1. The predicted molar refractivity (Wildman–Crippen MR) is 71.9 cm³/mol. The summed E-state index contributed by atoms with van der Waals surface area (Å²) in [6.07, 6.45) is 11.1. The van der Waals surface area contributed by atoms with E-state index < -0.39 is 0 Å². The summed E-state index contributed by atoms with van der Waals surface area (Å²) in [6.45, 7) is 3.55. The van der Waals surface area contributed by atoms with Gasteiger partial charge in [0, 0.05) is 12.1 Å². The molecule has 1 unspecified atom stereocenters. The van der Waals surface area contributed by atoms with Gasteiger partial charge in [0.2, 0.25) is 0 Å². The van der Waals surface area contributed by atoms with Gasteiger partial charge in [-0.3, -0.25) is 0 Å². The first-order valence-corrected chi connectivity index (χ1v) is 7.15. The molecule has 2 nitrogen and oxygen atoms in total. The van der Waals surface area contributed by atoms with E-state index in [0.717, 1.165) is 12.1 Å². The van der Waals surface area contributed by atoms with Crippen molar-refractivity contribution in [1.82, 2.24) is 10.2 Å². The van der Waals surface area contributed by atoms with Gasteiger partial charge in [0.1, 0.15) is 0 Å². The van der Waals surface area contributed by atoms with E-state index in [-0.39, 0.29) is 0 Å². The van der Waals surface area contributed by atoms with E-state index in [1.807, 2.05) is 0 Å². The molecule has 1 N–H and O–H groups in total. The Morgan fingerprint density at radius 1 is 1.25 bits per heavy atom. The van der Waals surface area contributed by atoms with Crippen molar-refractivity contribution in [3.05, 3.63) is 0 Å². The van der Waals surface area contributed by atoms with Gasteiger partial charge in [0.15, 0.2) is 0 Å². The third-order valence-electron chi connectivity index (χ3n) is 4.16. The molecule has 0 radical (unpaired) electrons. The van der Waals surface area contributed by atoms with E-state index in [1.54, 1.807) is 0 Å². The van der Waals surface area contributed by atoms with Gasteiger partial charge in [0.25, 0.3) is 0 Å². The Morgan fingerprint density at radius 2 is 1.94 bits per heavy atom. The summed E-state index contributed by atoms with van der Waals surface area (Å²) >= 11 is 0. The van der Waals surface area contributed by atoms with Gasteiger partial charge in [0.05, 0.1) is 0 Å². The molecule has 1 rings (SSSR count). The van der Waals surface area contributed by atoms with Crippen molar-refractivity contribution in [2.24, 2.45) is 0 Å². The summed E-state index contributed by atoms with van der Waals surface area (Å²) in [7, 11) is 4.40. The summed E-state index contributed by atoms with van der Waals surface area (Å²) in [5, 5.41) is 3.39. The van der Waals surface area contributed by atoms with Crippen molar-refractivity contribution in [3.63, 3.8) is 0 Å². The third kappa shape index (κ3) is 4.84. The van der Waals surface area contributed by atoms with Crippen LogP contribution in [0, 0.1) is 0 Å². The predicted octanol–water partition coefficient (Wildman–Crippen LogP) is 3.03. The normalized spacial score (nSPS) is 20.2. The summed E-state index contributed by atoms with van der Waals surface area (Å²) in [5.74, 6) is 0. The zero-order valence-electron chi connectivity index (χ0n) is 11.5. The van der Waals surface area contributed by atoms with Gasteiger partial charge in [-0.15, -0.1) is 0 Å². The molecule has 0 saturated heterocycles. The van der Waals surface area contributed by atoms with E-state index in [9.17, 15) is 0 Å². The second kappa shape index (κ2) is 8.08. The first-order valence-electron chi connectivity index (χ1n) is 7.15. The second-order valence-corrected chi connectivity index (χ2v) is 5.31. The molecule has 1 saturated carbocycles. The third-order valence-corrected chi connectivity index (χ3v) is 4.16. The van der Waals surface area contributed by atoms with E-state index >= 15 is 0 Å². The zero-order chi connectivity index (χ0) is 11.8. The number of rotatable bonds is 7. The SMILES string of the molecule is CCC(CCCN(C)C1CCCCC1)NC. The van der Waals surface area contributed by atoms with Crippen LogP contribution in [0.5, 0.6) is 0 Å². The maximum atomic E-state index is 3.39. The topological polar surface area (TPSA) is 15.3 Å². The van der Waals surface area contributed by atoms with Crippen LogP contribution < -0.4 is 5.32 Å². The van der Waals surface area contributed by atoms with Crippen LogP contribution in [0.2, 0.25) is 0 Å². The lowest BCUT2D eigenvalue weighted by Gasteiger charge is -2.31. The molecule has 96 valence electrons. The molecule has 0 aromatic rings. The highest BCUT2D eigenvalue weighted by molar-refractivity contribution is 4.74. The van der Waals surface area contributed by atoms with Crippen molar-refractivity contribution in [2.75, 3.05) is 20.6 Å². The van der Waals surface area contributed by atoms with Gasteiger partial charge in [-0.1, -0.05) is 26.2 Å². The van der Waals surface area contributed by atoms with Crippen LogP contribution in [0.25, 0.3) is 0 Å². The van der Waals surface area contributed by atoms with Crippen LogP contribution in [-0.4, -0.2) is 37.6 Å². The number of hydrogen-bond donors (Lipinski definition) is 1. The Kier molecular flexibility index (Phi) is 7.06. The van der Waals surface area contributed by atoms with Crippen LogP contribution in [-0.2, 0) is 0 Å². The maximum absolute atomic E-state index is 3.39. The molecule has 2 heteroatoms. The molecule has 0 bridgehead atoms. The molecule has 0 amide bonds. The molecule has 0 aromatic heterocycles. The second-order valence-electron chi connectivity index (χ2n) is 5.31. The highest BCUT2D eigenvalue weighted by Crippen LogP contribution is 2.21. The van der Waals surface area contributed by atoms with Gasteiger partial charge in [-0.25, -0.2) is 0 Å². The summed E-state index contributed by atoms with van der Waals surface area (Å²) in [6, 6.07) is 1.60. The Bertz CT molecular complexity index is 160. The van der Waals surface area contributed by atoms with Gasteiger partial charge in [-0.2, -0.15) is 0 Å². The maximum Gasteiger partial charge on any atom is 0.00922 e. The van der Waals surface area contributed by atoms with Crippen LogP contribution in [0.4, 0.5) is 0 Å². The molecule has 1 fully saturated rings. The van der Waals surface area contributed by atoms with Crippen LogP contribution in [0.3, 0.4) is 0 Å². The Balaban J connectivity index is 2.11. The molecule has 16 heavy (non-hydrogen) atoms. The summed E-state index contributed by atoms with van der Waals surface area (Å²) < 4.78 is 0. The first-order chi connectivity index (χ1) is 7.77. The number of hydrogen-bond acceptors (Lipinski definition) is 2. The standard InChI is InChI=1S/C14H30N2/c1-4-13(15-2)9-8-12-16(3)14-10-6-5-7-11-14/h13-15H,4-12H2,1-3H3. The van der Waals surface area contributed by atoms with Gasteiger partial charge in [-0.05, 0) is 52.7 Å². The van der Waals surface area contributed by atoms with Crippen molar-refractivity contribution in [3.8, 4) is 0 Å². The van der Waals surface area contributed by atoms with Crippen LogP contribution in [0.1, 0.15) is 58.3 Å². The van der Waals surface area contributed by atoms with E-state index in [2.05, 4.69) is 31.2 Å². The van der Waals surface area contributed by atoms with E-state index in [0.29, 0.717) is 0 Å². The van der Waals surface area contributed by atoms with Crippen molar-refractivity contribution in [2.45, 2.75) is 70.4 Å². The molecule has 1 aliphatic rings. The minimum absolute atomic E-state index is 0.722. The average molecular weight is 226 g/mol. The molecule has 0 spiro atoms. The fraction of sp³-hybridized carbons (Fsp3) is 1.00. The molecule has 0 heterocycles. The quantitative estimate of drug-likeness (QED) is 0.718. The van der Waals surface area contributed by atoms with Crippen LogP contribution >= 0.6 is 0 Å². The molecule has 1 atom stereocenters. The highest BCUT2D eigenvalue weighted by atomic mass is 15.1. The lowest BCUT2D eigenvalue weighted by Crippen LogP contribution is -2.35. The number of nitrogens with zero attached hydrogens (tertiary/aromatic N) is 1. The molecular formula is C14H30N2.